The molecule has 0 aliphatic rings. The van der Waals surface area contributed by atoms with Crippen LogP contribution in [0, 0.1) is 0 Å². The third-order valence-corrected chi connectivity index (χ3v) is 11.2. The van der Waals surface area contributed by atoms with Gasteiger partial charge in [0.05, 0.1) is 6.10 Å². The van der Waals surface area contributed by atoms with Crippen LogP contribution in [0.5, 0.6) is 0 Å². The van der Waals surface area contributed by atoms with Crippen molar-refractivity contribution in [1.82, 2.24) is 0 Å². The van der Waals surface area contributed by atoms with Gasteiger partial charge in [-0.25, -0.2) is 0 Å². The smallest absolute Gasteiger partial charge is 0.261 e. The van der Waals surface area contributed by atoms with E-state index in [0.29, 0.717) is 25.9 Å². The number of aryl methyl sites for hydroxylation is 1. The minimum absolute atomic E-state index is 0.0943. The molecular formula is C29H36O3Si. The van der Waals surface area contributed by atoms with E-state index in [1.807, 2.05) is 42.5 Å². The van der Waals surface area contributed by atoms with Gasteiger partial charge >= 0.3 is 0 Å². The lowest BCUT2D eigenvalue weighted by atomic mass is 10.0. The average Bonchev–Trinajstić information content (AvgIpc) is 2.81. The van der Waals surface area contributed by atoms with Crippen LogP contribution in [-0.4, -0.2) is 31.9 Å². The monoisotopic (exact) mass is 460 g/mol. The first-order chi connectivity index (χ1) is 15.8. The van der Waals surface area contributed by atoms with Crippen molar-refractivity contribution in [3.8, 4) is 0 Å². The second kappa shape index (κ2) is 11.6. The molecule has 0 spiro atoms. The standard InChI is InChI=1S/C29H36O3Si/c1-29(2,3)33(27-15-9-5-10-16-27,28-17-11-6-12-18-28)32-22-21-26(31)23-25(30)20-19-24-13-7-4-8-14-24/h4-18,26,31H,19-23H2,1-3H3/t26-/m0/s1. The van der Waals surface area contributed by atoms with Crippen LogP contribution in [0.4, 0.5) is 0 Å². The number of ketones is 1. The number of benzene rings is 3. The molecule has 0 aliphatic heterocycles. The fourth-order valence-electron chi connectivity index (χ4n) is 4.51. The molecule has 0 heterocycles. The summed E-state index contributed by atoms with van der Waals surface area (Å²) >= 11 is 0. The molecule has 1 N–H and O–H groups in total. The molecule has 0 fully saturated rings. The third-order valence-electron chi connectivity index (χ3n) is 6.19. The van der Waals surface area contributed by atoms with E-state index in [-0.39, 0.29) is 17.2 Å². The van der Waals surface area contributed by atoms with Crippen molar-refractivity contribution in [2.24, 2.45) is 0 Å². The number of carbonyl (C=O) groups is 1. The van der Waals surface area contributed by atoms with Gasteiger partial charge in [0.25, 0.3) is 8.32 Å². The lowest BCUT2D eigenvalue weighted by Gasteiger charge is -2.43. The van der Waals surface area contributed by atoms with Gasteiger partial charge in [0.15, 0.2) is 0 Å². The van der Waals surface area contributed by atoms with E-state index in [4.69, 9.17) is 4.43 Å². The first-order valence-electron chi connectivity index (χ1n) is 11.8. The van der Waals surface area contributed by atoms with Gasteiger partial charge in [-0.15, -0.1) is 0 Å². The molecule has 3 aromatic carbocycles. The lowest BCUT2D eigenvalue weighted by Crippen LogP contribution is -2.66. The third kappa shape index (κ3) is 6.50. The van der Waals surface area contributed by atoms with Crippen molar-refractivity contribution >= 4 is 24.5 Å². The van der Waals surface area contributed by atoms with Crippen molar-refractivity contribution in [1.29, 1.82) is 0 Å². The highest BCUT2D eigenvalue weighted by Gasteiger charge is 2.50. The number of hydrogen-bond acceptors (Lipinski definition) is 3. The van der Waals surface area contributed by atoms with Crippen LogP contribution in [0.25, 0.3) is 0 Å². The number of rotatable bonds is 11. The summed E-state index contributed by atoms with van der Waals surface area (Å²) in [5, 5.41) is 12.9. The van der Waals surface area contributed by atoms with Crippen LogP contribution in [0.2, 0.25) is 5.04 Å². The highest BCUT2D eigenvalue weighted by atomic mass is 28.4. The number of carbonyl (C=O) groups excluding carboxylic acids is 1. The molecule has 4 heteroatoms. The SMILES string of the molecule is CC(C)(C)[Si](OCC[C@H](O)CC(=O)CCc1ccccc1)(c1ccccc1)c1ccccc1. The van der Waals surface area contributed by atoms with Crippen molar-refractivity contribution in [2.45, 2.75) is 57.6 Å². The van der Waals surface area contributed by atoms with Crippen molar-refractivity contribution in [3.63, 3.8) is 0 Å². The van der Waals surface area contributed by atoms with E-state index in [1.165, 1.54) is 10.4 Å². The zero-order valence-corrected chi connectivity index (χ0v) is 21.0. The highest BCUT2D eigenvalue weighted by Crippen LogP contribution is 2.36. The maximum absolute atomic E-state index is 12.4. The zero-order chi connectivity index (χ0) is 23.7. The number of aliphatic hydroxyl groups is 1. The summed E-state index contributed by atoms with van der Waals surface area (Å²) < 4.78 is 6.82. The van der Waals surface area contributed by atoms with Crippen LogP contribution in [-0.2, 0) is 15.6 Å². The summed E-state index contributed by atoms with van der Waals surface area (Å²) in [7, 11) is -2.61. The largest absolute Gasteiger partial charge is 0.407 e. The first-order valence-corrected chi connectivity index (χ1v) is 13.7. The summed E-state index contributed by atoms with van der Waals surface area (Å²) in [6.45, 7) is 7.13. The Morgan fingerprint density at radius 3 is 1.82 bits per heavy atom. The molecule has 3 aromatic rings. The van der Waals surface area contributed by atoms with Gasteiger partial charge in [-0.1, -0.05) is 112 Å². The van der Waals surface area contributed by atoms with Gasteiger partial charge in [-0.3, -0.25) is 4.79 Å². The Morgan fingerprint density at radius 2 is 1.33 bits per heavy atom. The van der Waals surface area contributed by atoms with Crippen LogP contribution in [0.15, 0.2) is 91.0 Å². The van der Waals surface area contributed by atoms with E-state index in [2.05, 4.69) is 69.3 Å². The highest BCUT2D eigenvalue weighted by molar-refractivity contribution is 6.99. The molecule has 0 saturated heterocycles. The van der Waals surface area contributed by atoms with E-state index in [1.54, 1.807) is 0 Å². The van der Waals surface area contributed by atoms with E-state index >= 15 is 0 Å². The summed E-state index contributed by atoms with van der Waals surface area (Å²) in [6, 6.07) is 31.0. The van der Waals surface area contributed by atoms with Crippen LogP contribution >= 0.6 is 0 Å². The molecule has 0 aromatic heterocycles. The zero-order valence-electron chi connectivity index (χ0n) is 20.0. The molecule has 33 heavy (non-hydrogen) atoms. The lowest BCUT2D eigenvalue weighted by molar-refractivity contribution is -0.121. The molecule has 0 aliphatic carbocycles. The van der Waals surface area contributed by atoms with Gasteiger partial charge < -0.3 is 9.53 Å². The molecular weight excluding hydrogens is 424 g/mol. The fraction of sp³-hybridized carbons (Fsp3) is 0.345. The molecule has 0 bridgehead atoms. The summed E-state index contributed by atoms with van der Waals surface area (Å²) in [5.74, 6) is 0.0943. The Morgan fingerprint density at radius 1 is 0.848 bits per heavy atom. The molecule has 1 atom stereocenters. The van der Waals surface area contributed by atoms with Crippen LogP contribution in [0.1, 0.15) is 45.6 Å². The quantitative estimate of drug-likeness (QED) is 0.414. The summed E-state index contributed by atoms with van der Waals surface area (Å²) in [5.41, 5.74) is 1.15. The molecule has 3 rings (SSSR count). The molecule has 0 amide bonds. The van der Waals surface area contributed by atoms with Gasteiger partial charge in [0, 0.05) is 19.4 Å². The van der Waals surface area contributed by atoms with E-state index < -0.39 is 14.4 Å². The maximum Gasteiger partial charge on any atom is 0.261 e. The normalized spacial score (nSPS) is 13.0. The van der Waals surface area contributed by atoms with Gasteiger partial charge in [0.1, 0.15) is 5.78 Å². The molecule has 0 saturated carbocycles. The Labute approximate surface area is 199 Å². The van der Waals surface area contributed by atoms with E-state index in [9.17, 15) is 9.90 Å². The Hall–Kier alpha value is -2.53. The van der Waals surface area contributed by atoms with Crippen LogP contribution in [0.3, 0.4) is 0 Å². The Kier molecular flexibility index (Phi) is 8.78. The van der Waals surface area contributed by atoms with Gasteiger partial charge in [0.2, 0.25) is 0 Å². The summed E-state index contributed by atoms with van der Waals surface area (Å²) in [6.07, 6.45) is 1.10. The maximum atomic E-state index is 12.4. The number of Topliss-reactive ketones (excluding diaryl/α,β-unsaturated/α-hetero) is 1. The Bertz CT molecular complexity index is 942. The Balaban J connectivity index is 1.67. The van der Waals surface area contributed by atoms with E-state index in [0.717, 1.165) is 5.56 Å². The second-order valence-corrected chi connectivity index (χ2v) is 14.0. The molecule has 3 nitrogen and oxygen atoms in total. The molecule has 174 valence electrons. The number of aliphatic hydroxyl groups excluding tert-OH is 1. The molecule has 0 radical (unpaired) electrons. The predicted molar refractivity (Wildman–Crippen MR) is 139 cm³/mol. The van der Waals surface area contributed by atoms with Gasteiger partial charge in [-0.05, 0) is 33.8 Å². The van der Waals surface area contributed by atoms with Crippen molar-refractivity contribution in [2.75, 3.05) is 6.61 Å². The van der Waals surface area contributed by atoms with Gasteiger partial charge in [-0.2, -0.15) is 0 Å². The second-order valence-electron chi connectivity index (χ2n) is 9.68. The minimum Gasteiger partial charge on any atom is -0.407 e. The number of hydrogen-bond donors (Lipinski definition) is 1. The topological polar surface area (TPSA) is 46.5 Å². The first kappa shape index (κ1) is 25.1. The summed E-state index contributed by atoms with van der Waals surface area (Å²) in [4.78, 5) is 12.4. The minimum atomic E-state index is -2.61. The predicted octanol–water partition coefficient (Wildman–Crippen LogP) is 4.91. The van der Waals surface area contributed by atoms with Crippen LogP contribution < -0.4 is 10.4 Å². The van der Waals surface area contributed by atoms with Crippen molar-refractivity contribution < 1.29 is 14.3 Å². The molecule has 0 unspecified atom stereocenters. The fourth-order valence-corrected chi connectivity index (χ4v) is 9.08. The average molecular weight is 461 g/mol. The van der Waals surface area contributed by atoms with Crippen molar-refractivity contribution in [3.05, 3.63) is 96.6 Å².